The number of aromatic nitrogens is 1. The smallest absolute Gasteiger partial charge is 0.184 e. The maximum atomic E-state index is 10.0. The number of pyridine rings is 1. The Hall–Kier alpha value is -3.15. The first-order chi connectivity index (χ1) is 14.1. The first-order valence-corrected chi connectivity index (χ1v) is 9.62. The van der Waals surface area contributed by atoms with Gasteiger partial charge in [-0.3, -0.25) is 0 Å². The van der Waals surface area contributed by atoms with Gasteiger partial charge >= 0.3 is 0 Å². The molecule has 0 radical (unpaired) electrons. The van der Waals surface area contributed by atoms with Gasteiger partial charge in [0.1, 0.15) is 23.9 Å². The zero-order valence-corrected chi connectivity index (χ0v) is 16.5. The number of ether oxygens (including phenoxy) is 2. The monoisotopic (exact) mass is 389 g/mol. The summed E-state index contributed by atoms with van der Waals surface area (Å²) in [4.78, 5) is 4.62. The maximum absolute atomic E-state index is 10.0. The lowest BCUT2D eigenvalue weighted by Crippen LogP contribution is -2.02. The third-order valence-corrected chi connectivity index (χ3v) is 4.73. The van der Waals surface area contributed by atoms with Gasteiger partial charge < -0.3 is 19.0 Å². The molecule has 0 saturated carbocycles. The Bertz CT molecular complexity index is 1100. The second-order valence-electron chi connectivity index (χ2n) is 6.74. The topological polar surface area (TPSA) is 64.7 Å². The lowest BCUT2D eigenvalue weighted by molar-refractivity contribution is -0.0986. The van der Waals surface area contributed by atoms with Crippen molar-refractivity contribution in [3.8, 4) is 17.1 Å². The van der Waals surface area contributed by atoms with Crippen LogP contribution in [-0.2, 0) is 11.3 Å². The SMILES string of the molecule is CCOC(O)c1cc(-c2ccc(OCc3ccc4ccccc4n3)cc2)oc1C. The minimum atomic E-state index is -0.977. The summed E-state index contributed by atoms with van der Waals surface area (Å²) in [6.07, 6.45) is -0.977. The number of fused-ring (bicyclic) bond motifs is 1. The fourth-order valence-electron chi connectivity index (χ4n) is 3.19. The molecule has 0 aliphatic rings. The van der Waals surface area contributed by atoms with Crippen LogP contribution in [0.3, 0.4) is 0 Å². The highest BCUT2D eigenvalue weighted by Gasteiger charge is 2.16. The molecule has 5 heteroatoms. The highest BCUT2D eigenvalue weighted by Crippen LogP contribution is 2.30. The van der Waals surface area contributed by atoms with Crippen molar-refractivity contribution in [2.75, 3.05) is 6.61 Å². The first-order valence-electron chi connectivity index (χ1n) is 9.62. The van der Waals surface area contributed by atoms with Crippen LogP contribution >= 0.6 is 0 Å². The van der Waals surface area contributed by atoms with Gasteiger partial charge in [-0.25, -0.2) is 4.98 Å². The summed E-state index contributed by atoms with van der Waals surface area (Å²) in [5, 5.41) is 11.2. The number of aryl methyl sites for hydroxylation is 1. The van der Waals surface area contributed by atoms with Gasteiger partial charge in [-0.2, -0.15) is 0 Å². The fraction of sp³-hybridized carbons (Fsp3) is 0.208. The Morgan fingerprint density at radius 1 is 1.03 bits per heavy atom. The average molecular weight is 389 g/mol. The maximum Gasteiger partial charge on any atom is 0.184 e. The van der Waals surface area contributed by atoms with Crippen LogP contribution in [0, 0.1) is 6.92 Å². The molecule has 1 unspecified atom stereocenters. The van der Waals surface area contributed by atoms with Crippen LogP contribution in [0.5, 0.6) is 5.75 Å². The summed E-state index contributed by atoms with van der Waals surface area (Å²) in [7, 11) is 0. The number of hydrogen-bond acceptors (Lipinski definition) is 5. The normalized spacial score (nSPS) is 12.2. The number of furan rings is 1. The number of aliphatic hydroxyl groups is 1. The van der Waals surface area contributed by atoms with E-state index in [1.54, 1.807) is 0 Å². The summed E-state index contributed by atoms with van der Waals surface area (Å²) in [5.41, 5.74) is 3.38. The Morgan fingerprint density at radius 2 is 1.83 bits per heavy atom. The molecule has 0 spiro atoms. The summed E-state index contributed by atoms with van der Waals surface area (Å²) in [5.74, 6) is 2.07. The van der Waals surface area contributed by atoms with Gasteiger partial charge in [-0.05, 0) is 56.3 Å². The Balaban J connectivity index is 1.44. The van der Waals surface area contributed by atoms with E-state index in [2.05, 4.69) is 11.1 Å². The van der Waals surface area contributed by atoms with Crippen LogP contribution < -0.4 is 4.74 Å². The van der Waals surface area contributed by atoms with Crippen LogP contribution in [0.4, 0.5) is 0 Å². The lowest BCUT2D eigenvalue weighted by Gasteiger charge is -2.08. The molecule has 0 saturated heterocycles. The zero-order chi connectivity index (χ0) is 20.2. The Morgan fingerprint density at radius 3 is 2.62 bits per heavy atom. The standard InChI is InChI=1S/C24H23NO4/c1-3-27-24(26)21-14-23(29-16(21)2)18-9-12-20(13-10-18)28-15-19-11-8-17-6-4-5-7-22(17)25-19/h4-14,24,26H,3,15H2,1-2H3. The number of hydrogen-bond donors (Lipinski definition) is 1. The van der Waals surface area contributed by atoms with Crippen molar-refractivity contribution in [1.82, 2.24) is 4.98 Å². The molecule has 2 aromatic heterocycles. The van der Waals surface area contributed by atoms with Crippen molar-refractivity contribution in [2.24, 2.45) is 0 Å². The Kier molecular flexibility index (Phi) is 5.60. The van der Waals surface area contributed by atoms with Crippen molar-refractivity contribution >= 4 is 10.9 Å². The largest absolute Gasteiger partial charge is 0.487 e. The number of aliphatic hydroxyl groups excluding tert-OH is 1. The van der Waals surface area contributed by atoms with Crippen molar-refractivity contribution in [1.29, 1.82) is 0 Å². The lowest BCUT2D eigenvalue weighted by atomic mass is 10.1. The third-order valence-electron chi connectivity index (χ3n) is 4.73. The second kappa shape index (κ2) is 8.47. The average Bonchev–Trinajstić information content (AvgIpc) is 3.14. The van der Waals surface area contributed by atoms with Gasteiger partial charge in [0.15, 0.2) is 6.29 Å². The molecule has 0 aliphatic carbocycles. The number of rotatable bonds is 7. The summed E-state index contributed by atoms with van der Waals surface area (Å²) in [6, 6.07) is 21.5. The van der Waals surface area contributed by atoms with E-state index >= 15 is 0 Å². The van der Waals surface area contributed by atoms with E-state index in [9.17, 15) is 5.11 Å². The molecular weight excluding hydrogens is 366 g/mol. The molecule has 4 rings (SSSR count). The molecule has 1 N–H and O–H groups in total. The van der Waals surface area contributed by atoms with Gasteiger partial charge in [0.25, 0.3) is 0 Å². The van der Waals surface area contributed by atoms with E-state index in [-0.39, 0.29) is 0 Å². The fourth-order valence-corrected chi connectivity index (χ4v) is 3.19. The van der Waals surface area contributed by atoms with Gasteiger partial charge in [-0.15, -0.1) is 0 Å². The van der Waals surface area contributed by atoms with Crippen LogP contribution in [0.2, 0.25) is 0 Å². The molecular formula is C24H23NO4. The molecule has 29 heavy (non-hydrogen) atoms. The minimum absolute atomic E-state index is 0.398. The predicted octanol–water partition coefficient (Wildman–Crippen LogP) is 5.41. The van der Waals surface area contributed by atoms with E-state index in [1.807, 2.05) is 74.5 Å². The van der Waals surface area contributed by atoms with E-state index < -0.39 is 6.29 Å². The van der Waals surface area contributed by atoms with Crippen molar-refractivity contribution in [3.05, 3.63) is 83.7 Å². The molecule has 2 heterocycles. The summed E-state index contributed by atoms with van der Waals surface area (Å²) in [6.45, 7) is 4.48. The van der Waals surface area contributed by atoms with Crippen LogP contribution in [0.1, 0.15) is 30.2 Å². The second-order valence-corrected chi connectivity index (χ2v) is 6.74. The Labute approximate surface area is 169 Å². The summed E-state index contributed by atoms with van der Waals surface area (Å²) < 4.78 is 16.9. The molecule has 0 aliphatic heterocycles. The molecule has 0 fully saturated rings. The van der Waals surface area contributed by atoms with E-state index in [1.165, 1.54) is 0 Å². The molecule has 0 bridgehead atoms. The van der Waals surface area contributed by atoms with Gasteiger partial charge in [0.05, 0.1) is 11.2 Å². The molecule has 1 atom stereocenters. The quantitative estimate of drug-likeness (QED) is 0.428. The summed E-state index contributed by atoms with van der Waals surface area (Å²) >= 11 is 0. The van der Waals surface area contributed by atoms with E-state index in [0.29, 0.717) is 30.3 Å². The predicted molar refractivity (Wildman–Crippen MR) is 112 cm³/mol. The first kappa shape index (κ1) is 19.2. The van der Waals surface area contributed by atoms with E-state index in [0.717, 1.165) is 27.9 Å². The molecule has 0 amide bonds. The van der Waals surface area contributed by atoms with Gasteiger partial charge in [-0.1, -0.05) is 24.3 Å². The molecule has 4 aromatic rings. The molecule has 2 aromatic carbocycles. The van der Waals surface area contributed by atoms with Crippen molar-refractivity contribution in [2.45, 2.75) is 26.7 Å². The molecule has 5 nitrogen and oxygen atoms in total. The van der Waals surface area contributed by atoms with Crippen molar-refractivity contribution in [3.63, 3.8) is 0 Å². The van der Waals surface area contributed by atoms with Crippen LogP contribution in [0.25, 0.3) is 22.2 Å². The van der Waals surface area contributed by atoms with Crippen molar-refractivity contribution < 1.29 is 19.0 Å². The number of benzene rings is 2. The third kappa shape index (κ3) is 4.31. The van der Waals surface area contributed by atoms with Gasteiger partial charge in [0, 0.05) is 23.1 Å². The highest BCUT2D eigenvalue weighted by atomic mass is 16.6. The van der Waals surface area contributed by atoms with E-state index in [4.69, 9.17) is 13.9 Å². The minimum Gasteiger partial charge on any atom is -0.487 e. The highest BCUT2D eigenvalue weighted by molar-refractivity contribution is 5.78. The zero-order valence-electron chi connectivity index (χ0n) is 16.5. The number of nitrogens with zero attached hydrogens (tertiary/aromatic N) is 1. The number of para-hydroxylation sites is 1. The van der Waals surface area contributed by atoms with Crippen LogP contribution in [-0.4, -0.2) is 16.7 Å². The van der Waals surface area contributed by atoms with Crippen LogP contribution in [0.15, 0.2) is 71.1 Å². The van der Waals surface area contributed by atoms with Gasteiger partial charge in [0.2, 0.25) is 0 Å². The molecule has 148 valence electrons.